The van der Waals surface area contributed by atoms with Crippen molar-refractivity contribution in [3.8, 4) is 10.4 Å². The van der Waals surface area contributed by atoms with Gasteiger partial charge in [-0.3, -0.25) is 4.79 Å². The number of hydrogen-bond acceptors (Lipinski definition) is 3. The third-order valence-electron chi connectivity index (χ3n) is 4.54. The van der Waals surface area contributed by atoms with Crippen molar-refractivity contribution in [3.05, 3.63) is 47.3 Å². The monoisotopic (exact) mass is 298 g/mol. The molecule has 1 amide bonds. The highest BCUT2D eigenvalue weighted by molar-refractivity contribution is 7.17. The van der Waals surface area contributed by atoms with Crippen LogP contribution in [0.4, 0.5) is 0 Å². The Morgan fingerprint density at radius 1 is 1.14 bits per heavy atom. The summed E-state index contributed by atoms with van der Waals surface area (Å²) in [5, 5.41) is 3.22. The predicted molar refractivity (Wildman–Crippen MR) is 85.6 cm³/mol. The molecule has 0 saturated carbocycles. The SMILES string of the molecule is O=C(N[C@H]1CN2CC[C@H]1C2)c1ccc(-c2ccccc2)s1. The maximum atomic E-state index is 12.4. The van der Waals surface area contributed by atoms with Crippen molar-refractivity contribution < 1.29 is 4.79 Å². The number of carbonyl (C=O) groups is 1. The minimum atomic E-state index is 0.0842. The van der Waals surface area contributed by atoms with Gasteiger partial charge in [-0.2, -0.15) is 0 Å². The van der Waals surface area contributed by atoms with Crippen LogP contribution in [-0.4, -0.2) is 36.5 Å². The summed E-state index contributed by atoms with van der Waals surface area (Å²) in [6, 6.07) is 14.5. The van der Waals surface area contributed by atoms with E-state index in [0.29, 0.717) is 12.0 Å². The van der Waals surface area contributed by atoms with E-state index >= 15 is 0 Å². The Labute approximate surface area is 128 Å². The molecule has 4 rings (SSSR count). The Morgan fingerprint density at radius 2 is 2.00 bits per heavy atom. The molecule has 1 aromatic carbocycles. The third kappa shape index (κ3) is 2.49. The van der Waals surface area contributed by atoms with Gasteiger partial charge in [-0.25, -0.2) is 0 Å². The third-order valence-corrected chi connectivity index (χ3v) is 5.67. The molecule has 2 fully saturated rings. The minimum Gasteiger partial charge on any atom is -0.347 e. The van der Waals surface area contributed by atoms with E-state index in [4.69, 9.17) is 0 Å². The van der Waals surface area contributed by atoms with Crippen LogP contribution in [0.2, 0.25) is 0 Å². The highest BCUT2D eigenvalue weighted by Gasteiger charge is 2.38. The highest BCUT2D eigenvalue weighted by atomic mass is 32.1. The molecule has 21 heavy (non-hydrogen) atoms. The van der Waals surface area contributed by atoms with Crippen molar-refractivity contribution in [2.24, 2.45) is 5.92 Å². The van der Waals surface area contributed by atoms with Crippen molar-refractivity contribution in [3.63, 3.8) is 0 Å². The van der Waals surface area contributed by atoms with E-state index in [2.05, 4.69) is 22.3 Å². The van der Waals surface area contributed by atoms with Gasteiger partial charge < -0.3 is 10.2 Å². The number of fused-ring (bicyclic) bond motifs is 2. The lowest BCUT2D eigenvalue weighted by Crippen LogP contribution is -2.42. The Kier molecular flexibility index (Phi) is 3.28. The van der Waals surface area contributed by atoms with Gasteiger partial charge in [0.25, 0.3) is 5.91 Å². The normalized spacial score (nSPS) is 27.0. The highest BCUT2D eigenvalue weighted by Crippen LogP contribution is 2.30. The van der Waals surface area contributed by atoms with Gasteiger partial charge in [0.05, 0.1) is 4.88 Å². The lowest BCUT2D eigenvalue weighted by atomic mass is 10.00. The average molecular weight is 298 g/mol. The summed E-state index contributed by atoms with van der Waals surface area (Å²) in [7, 11) is 0. The Hall–Kier alpha value is -1.65. The lowest BCUT2D eigenvalue weighted by molar-refractivity contribution is 0.0928. The largest absolute Gasteiger partial charge is 0.347 e. The summed E-state index contributed by atoms with van der Waals surface area (Å²) in [6.07, 6.45) is 1.23. The van der Waals surface area contributed by atoms with E-state index in [9.17, 15) is 4.79 Å². The fraction of sp³-hybridized carbons (Fsp3) is 0.353. The molecule has 108 valence electrons. The van der Waals surface area contributed by atoms with Crippen molar-refractivity contribution in [1.29, 1.82) is 0 Å². The van der Waals surface area contributed by atoms with Gasteiger partial charge in [0.2, 0.25) is 0 Å². The van der Waals surface area contributed by atoms with Gasteiger partial charge in [0.1, 0.15) is 0 Å². The van der Waals surface area contributed by atoms with Crippen LogP contribution in [0.1, 0.15) is 16.1 Å². The van der Waals surface area contributed by atoms with Gasteiger partial charge >= 0.3 is 0 Å². The Morgan fingerprint density at radius 3 is 2.71 bits per heavy atom. The number of nitrogens with zero attached hydrogens (tertiary/aromatic N) is 1. The van der Waals surface area contributed by atoms with Crippen molar-refractivity contribution in [2.45, 2.75) is 12.5 Å². The summed E-state index contributed by atoms with van der Waals surface area (Å²) < 4.78 is 0. The molecule has 2 aliphatic rings. The van der Waals surface area contributed by atoms with Crippen LogP contribution in [-0.2, 0) is 0 Å². The molecule has 3 nitrogen and oxygen atoms in total. The maximum absolute atomic E-state index is 12.4. The molecule has 1 N–H and O–H groups in total. The van der Waals surface area contributed by atoms with Gasteiger partial charge in [0, 0.05) is 24.0 Å². The van der Waals surface area contributed by atoms with Crippen LogP contribution < -0.4 is 5.32 Å². The second kappa shape index (κ2) is 5.28. The van der Waals surface area contributed by atoms with Crippen LogP contribution in [0.15, 0.2) is 42.5 Å². The van der Waals surface area contributed by atoms with E-state index < -0.39 is 0 Å². The molecule has 0 radical (unpaired) electrons. The van der Waals surface area contributed by atoms with Crippen LogP contribution in [0.25, 0.3) is 10.4 Å². The summed E-state index contributed by atoms with van der Waals surface area (Å²) >= 11 is 1.57. The van der Waals surface area contributed by atoms with E-state index in [1.54, 1.807) is 11.3 Å². The first-order chi connectivity index (χ1) is 10.3. The van der Waals surface area contributed by atoms with E-state index in [-0.39, 0.29) is 5.91 Å². The second-order valence-corrected chi connectivity index (χ2v) is 7.00. The van der Waals surface area contributed by atoms with E-state index in [1.807, 2.05) is 30.3 Å². The van der Waals surface area contributed by atoms with Gasteiger partial charge in [0.15, 0.2) is 0 Å². The standard InChI is InChI=1S/C17H18N2OS/c20-17(18-14-11-19-9-8-13(14)10-19)16-7-6-15(21-16)12-4-2-1-3-5-12/h1-7,13-14H,8-11H2,(H,18,20)/t13-,14-/m0/s1. The smallest absolute Gasteiger partial charge is 0.261 e. The molecule has 2 aromatic rings. The summed E-state index contributed by atoms with van der Waals surface area (Å²) in [5.41, 5.74) is 1.17. The van der Waals surface area contributed by atoms with Crippen LogP contribution >= 0.6 is 11.3 Å². The number of carbonyl (C=O) groups excluding carboxylic acids is 1. The number of thiophene rings is 1. The van der Waals surface area contributed by atoms with Crippen LogP contribution in [0.3, 0.4) is 0 Å². The van der Waals surface area contributed by atoms with Crippen molar-refractivity contribution in [2.75, 3.05) is 19.6 Å². The molecular weight excluding hydrogens is 280 g/mol. The molecule has 2 saturated heterocycles. The molecule has 1 unspecified atom stereocenters. The number of nitrogens with one attached hydrogen (secondary N) is 1. The summed E-state index contributed by atoms with van der Waals surface area (Å²) in [6.45, 7) is 3.38. The number of benzene rings is 1. The Balaban J connectivity index is 1.47. The first-order valence-electron chi connectivity index (χ1n) is 7.48. The quantitative estimate of drug-likeness (QED) is 0.945. The van der Waals surface area contributed by atoms with Crippen LogP contribution in [0.5, 0.6) is 0 Å². The molecule has 3 atom stereocenters. The predicted octanol–water partition coefficient (Wildman–Crippen LogP) is 2.85. The minimum absolute atomic E-state index is 0.0842. The number of piperidine rings is 1. The number of rotatable bonds is 3. The first kappa shape index (κ1) is 13.0. The molecule has 4 heteroatoms. The van der Waals surface area contributed by atoms with Gasteiger partial charge in [-0.1, -0.05) is 30.3 Å². The van der Waals surface area contributed by atoms with Gasteiger partial charge in [-0.05, 0) is 36.6 Å². The molecule has 0 aliphatic carbocycles. The average Bonchev–Trinajstić information content (AvgIpc) is 3.24. The second-order valence-electron chi connectivity index (χ2n) is 5.92. The molecular formula is C17H18N2OS. The topological polar surface area (TPSA) is 32.3 Å². The van der Waals surface area contributed by atoms with E-state index in [0.717, 1.165) is 22.8 Å². The van der Waals surface area contributed by atoms with Crippen LogP contribution in [0, 0.1) is 5.92 Å². The molecule has 2 aliphatic heterocycles. The fourth-order valence-electron chi connectivity index (χ4n) is 3.40. The summed E-state index contributed by atoms with van der Waals surface area (Å²) in [5.74, 6) is 0.739. The first-order valence-corrected chi connectivity index (χ1v) is 8.30. The van der Waals surface area contributed by atoms with Gasteiger partial charge in [-0.15, -0.1) is 11.3 Å². The molecule has 1 aromatic heterocycles. The summed E-state index contributed by atoms with van der Waals surface area (Å²) in [4.78, 5) is 16.8. The zero-order valence-electron chi connectivity index (χ0n) is 11.8. The zero-order valence-corrected chi connectivity index (χ0v) is 12.6. The zero-order chi connectivity index (χ0) is 14.2. The lowest BCUT2D eigenvalue weighted by Gasteiger charge is -2.22. The maximum Gasteiger partial charge on any atom is 0.261 e. The Bertz CT molecular complexity index is 652. The fourth-order valence-corrected chi connectivity index (χ4v) is 4.32. The van der Waals surface area contributed by atoms with Crippen molar-refractivity contribution >= 4 is 17.2 Å². The number of hydrogen-bond donors (Lipinski definition) is 1. The molecule has 0 spiro atoms. The van der Waals surface area contributed by atoms with E-state index in [1.165, 1.54) is 18.5 Å². The number of amides is 1. The molecule has 3 heterocycles. The molecule has 2 bridgehead atoms. The van der Waals surface area contributed by atoms with Crippen molar-refractivity contribution in [1.82, 2.24) is 10.2 Å².